The van der Waals surface area contributed by atoms with E-state index in [2.05, 4.69) is 35.9 Å². The van der Waals surface area contributed by atoms with E-state index in [1.807, 2.05) is 0 Å². The molecule has 1 N–H and O–H groups in total. The molecule has 0 radical (unpaired) electrons. The number of hydrogen-bond donors (Lipinski definition) is 1. The lowest BCUT2D eigenvalue weighted by atomic mass is 10.0. The fraction of sp³-hybridized carbons (Fsp3) is 1.00. The predicted octanol–water partition coefficient (Wildman–Crippen LogP) is 1.01. The van der Waals surface area contributed by atoms with Crippen LogP contribution >= 0.6 is 0 Å². The molecule has 2 saturated heterocycles. The topological polar surface area (TPSA) is 18.5 Å². The first-order valence-corrected chi connectivity index (χ1v) is 6.90. The molecule has 2 aliphatic rings. The van der Waals surface area contributed by atoms with Gasteiger partial charge in [0.1, 0.15) is 0 Å². The molecular formula is C13H27N3. The second-order valence-electron chi connectivity index (χ2n) is 5.56. The van der Waals surface area contributed by atoms with Crippen LogP contribution in [0.3, 0.4) is 0 Å². The molecule has 2 heterocycles. The van der Waals surface area contributed by atoms with E-state index >= 15 is 0 Å². The fourth-order valence-electron chi connectivity index (χ4n) is 3.13. The van der Waals surface area contributed by atoms with E-state index < -0.39 is 0 Å². The summed E-state index contributed by atoms with van der Waals surface area (Å²) in [5.74, 6) is 0.861. The van der Waals surface area contributed by atoms with Crippen LogP contribution in [0, 0.1) is 5.92 Å². The van der Waals surface area contributed by atoms with Gasteiger partial charge in [0.25, 0.3) is 0 Å². The van der Waals surface area contributed by atoms with Gasteiger partial charge in [-0.3, -0.25) is 9.80 Å². The van der Waals surface area contributed by atoms with Crippen molar-refractivity contribution < 1.29 is 0 Å². The van der Waals surface area contributed by atoms with Crippen molar-refractivity contribution in [3.8, 4) is 0 Å². The highest BCUT2D eigenvalue weighted by molar-refractivity contribution is 4.86. The SMILES string of the molecule is CCN1CCN(CC2NCCC2C)CC1C. The molecule has 3 heteroatoms. The first kappa shape index (κ1) is 12.3. The summed E-state index contributed by atoms with van der Waals surface area (Å²) in [6.45, 7) is 14.4. The largest absolute Gasteiger partial charge is 0.312 e. The molecule has 94 valence electrons. The number of likely N-dealkylation sites (N-methyl/N-ethyl adjacent to an activating group) is 1. The summed E-state index contributed by atoms with van der Waals surface area (Å²) in [6, 6.07) is 1.47. The zero-order valence-corrected chi connectivity index (χ0v) is 11.1. The lowest BCUT2D eigenvalue weighted by Crippen LogP contribution is -2.54. The van der Waals surface area contributed by atoms with Crippen molar-refractivity contribution in [1.29, 1.82) is 0 Å². The minimum atomic E-state index is 0.732. The molecule has 2 rings (SSSR count). The van der Waals surface area contributed by atoms with Crippen LogP contribution in [0.15, 0.2) is 0 Å². The van der Waals surface area contributed by atoms with Gasteiger partial charge in [-0.25, -0.2) is 0 Å². The van der Waals surface area contributed by atoms with Crippen molar-refractivity contribution in [3.05, 3.63) is 0 Å². The van der Waals surface area contributed by atoms with E-state index in [1.54, 1.807) is 0 Å². The Morgan fingerprint density at radius 1 is 1.25 bits per heavy atom. The Labute approximate surface area is 100 Å². The molecule has 3 atom stereocenters. The maximum absolute atomic E-state index is 3.64. The van der Waals surface area contributed by atoms with Crippen molar-refractivity contribution in [2.24, 2.45) is 5.92 Å². The Balaban J connectivity index is 1.79. The highest BCUT2D eigenvalue weighted by atomic mass is 15.3. The van der Waals surface area contributed by atoms with Gasteiger partial charge in [-0.2, -0.15) is 0 Å². The van der Waals surface area contributed by atoms with Crippen molar-refractivity contribution in [1.82, 2.24) is 15.1 Å². The third kappa shape index (κ3) is 2.76. The predicted molar refractivity (Wildman–Crippen MR) is 68.7 cm³/mol. The Kier molecular flexibility index (Phi) is 4.22. The zero-order chi connectivity index (χ0) is 11.5. The molecule has 2 aliphatic heterocycles. The number of hydrogen-bond acceptors (Lipinski definition) is 3. The van der Waals surface area contributed by atoms with Gasteiger partial charge in [-0.05, 0) is 32.4 Å². The van der Waals surface area contributed by atoms with Gasteiger partial charge in [-0.15, -0.1) is 0 Å². The van der Waals surface area contributed by atoms with Crippen LogP contribution < -0.4 is 5.32 Å². The molecule has 3 nitrogen and oxygen atoms in total. The number of piperazine rings is 1. The molecule has 0 aromatic rings. The van der Waals surface area contributed by atoms with Gasteiger partial charge in [0.2, 0.25) is 0 Å². The molecule has 0 aromatic heterocycles. The van der Waals surface area contributed by atoms with E-state index in [0.29, 0.717) is 0 Å². The maximum Gasteiger partial charge on any atom is 0.0221 e. The zero-order valence-electron chi connectivity index (χ0n) is 11.1. The molecule has 0 aromatic carbocycles. The molecule has 16 heavy (non-hydrogen) atoms. The summed E-state index contributed by atoms with van der Waals surface area (Å²) >= 11 is 0. The third-order valence-electron chi connectivity index (χ3n) is 4.40. The molecular weight excluding hydrogens is 198 g/mol. The van der Waals surface area contributed by atoms with Gasteiger partial charge in [0, 0.05) is 38.3 Å². The van der Waals surface area contributed by atoms with Gasteiger partial charge in [0.15, 0.2) is 0 Å². The third-order valence-corrected chi connectivity index (χ3v) is 4.40. The quantitative estimate of drug-likeness (QED) is 0.773. The van der Waals surface area contributed by atoms with Gasteiger partial charge in [-0.1, -0.05) is 13.8 Å². The molecule has 0 amide bonds. The second-order valence-corrected chi connectivity index (χ2v) is 5.56. The van der Waals surface area contributed by atoms with E-state index in [4.69, 9.17) is 0 Å². The summed E-state index contributed by atoms with van der Waals surface area (Å²) in [5, 5.41) is 3.64. The molecule has 0 saturated carbocycles. The minimum absolute atomic E-state index is 0.732. The summed E-state index contributed by atoms with van der Waals surface area (Å²) in [6.07, 6.45) is 1.36. The summed E-state index contributed by atoms with van der Waals surface area (Å²) in [4.78, 5) is 5.23. The van der Waals surface area contributed by atoms with E-state index in [-0.39, 0.29) is 0 Å². The van der Waals surface area contributed by atoms with Crippen LogP contribution in [-0.4, -0.2) is 61.2 Å². The van der Waals surface area contributed by atoms with Crippen LogP contribution in [0.25, 0.3) is 0 Å². The standard InChI is InChI=1S/C13H27N3/c1-4-16-8-7-15(9-12(16)3)10-13-11(2)5-6-14-13/h11-14H,4-10H2,1-3H3. The molecule has 0 bridgehead atoms. The average Bonchev–Trinajstić information content (AvgIpc) is 2.65. The van der Waals surface area contributed by atoms with Crippen LogP contribution in [0.4, 0.5) is 0 Å². The van der Waals surface area contributed by atoms with Crippen LogP contribution in [0.5, 0.6) is 0 Å². The van der Waals surface area contributed by atoms with Crippen molar-refractivity contribution in [3.63, 3.8) is 0 Å². The maximum atomic E-state index is 3.64. The van der Waals surface area contributed by atoms with Crippen LogP contribution in [-0.2, 0) is 0 Å². The van der Waals surface area contributed by atoms with Crippen LogP contribution in [0.2, 0.25) is 0 Å². The average molecular weight is 225 g/mol. The lowest BCUT2D eigenvalue weighted by Gasteiger charge is -2.40. The monoisotopic (exact) mass is 225 g/mol. The first-order chi connectivity index (χ1) is 7.70. The smallest absolute Gasteiger partial charge is 0.0221 e. The highest BCUT2D eigenvalue weighted by Gasteiger charge is 2.28. The van der Waals surface area contributed by atoms with Gasteiger partial charge < -0.3 is 5.32 Å². The van der Waals surface area contributed by atoms with Crippen molar-refractivity contribution in [2.45, 2.75) is 39.3 Å². The summed E-state index contributed by atoms with van der Waals surface area (Å²) in [5.41, 5.74) is 0. The highest BCUT2D eigenvalue weighted by Crippen LogP contribution is 2.17. The number of nitrogens with one attached hydrogen (secondary N) is 1. The van der Waals surface area contributed by atoms with Crippen molar-refractivity contribution >= 4 is 0 Å². The van der Waals surface area contributed by atoms with Gasteiger partial charge in [0.05, 0.1) is 0 Å². The Morgan fingerprint density at radius 3 is 2.62 bits per heavy atom. The first-order valence-electron chi connectivity index (χ1n) is 6.90. The Morgan fingerprint density at radius 2 is 2.06 bits per heavy atom. The van der Waals surface area contributed by atoms with Crippen molar-refractivity contribution in [2.75, 3.05) is 39.3 Å². The molecule has 2 fully saturated rings. The Bertz CT molecular complexity index is 219. The van der Waals surface area contributed by atoms with E-state index in [1.165, 1.54) is 45.7 Å². The lowest BCUT2D eigenvalue weighted by molar-refractivity contribution is 0.0798. The molecule has 3 unspecified atom stereocenters. The normalized spacial score (nSPS) is 38.1. The second kappa shape index (κ2) is 5.48. The van der Waals surface area contributed by atoms with E-state index in [9.17, 15) is 0 Å². The molecule has 0 spiro atoms. The minimum Gasteiger partial charge on any atom is -0.312 e. The fourth-order valence-corrected chi connectivity index (χ4v) is 3.13. The van der Waals surface area contributed by atoms with E-state index in [0.717, 1.165) is 18.0 Å². The summed E-state index contributed by atoms with van der Waals surface area (Å²) < 4.78 is 0. The summed E-state index contributed by atoms with van der Waals surface area (Å²) in [7, 11) is 0. The number of nitrogens with zero attached hydrogens (tertiary/aromatic N) is 2. The Hall–Kier alpha value is -0.120. The number of rotatable bonds is 3. The van der Waals surface area contributed by atoms with Gasteiger partial charge >= 0.3 is 0 Å². The van der Waals surface area contributed by atoms with Crippen LogP contribution in [0.1, 0.15) is 27.2 Å². The molecule has 0 aliphatic carbocycles.